The minimum atomic E-state index is -4.39. The number of ether oxygens (including phenoxy) is 2. The van der Waals surface area contributed by atoms with Gasteiger partial charge in [0, 0.05) is 19.4 Å². The molecule has 0 radical (unpaired) electrons. The van der Waals surface area contributed by atoms with E-state index in [0.29, 0.717) is 6.42 Å². The number of unbranched alkanes of at least 4 members (excludes halogenated alkanes) is 11. The molecule has 0 saturated carbocycles. The molecular formula is C57H92NO8P. The van der Waals surface area contributed by atoms with Gasteiger partial charge in [-0.2, -0.15) is 0 Å². The van der Waals surface area contributed by atoms with Crippen molar-refractivity contribution in [1.82, 2.24) is 0 Å². The van der Waals surface area contributed by atoms with Gasteiger partial charge in [-0.05, 0) is 96.3 Å². The standard InChI is InChI=1S/C57H92NO8P/c1-3-5-7-9-11-13-14-15-16-17-18-19-20-21-22-23-24-25-26-27-28-29-30-31-32-33-34-35-36-37-38-39-40-42-44-46-48-50-57(60)66-55(54-65-67(61,62)64-52-51-58)53-63-56(59)49-47-45-43-41-12-10-8-6-4-2/h5,7,11,13,15-16,18-19,21-22,24-25,27-28,30-31,33-34,36-37,39-40,55H,3-4,6,8-10,12,14,17,20,23,26,29,32,35,38,41-54,58H2,1-2H3,(H,61,62)/b7-5-,13-11-,16-15-,19-18-,22-21-,25-24-,28-27-,31-30-,34-33-,37-36-,40-39-. The molecule has 378 valence electrons. The van der Waals surface area contributed by atoms with Crippen LogP contribution in [0.4, 0.5) is 0 Å². The maximum atomic E-state index is 12.6. The zero-order valence-corrected chi connectivity index (χ0v) is 42.7. The highest BCUT2D eigenvalue weighted by Gasteiger charge is 2.26. The number of esters is 2. The van der Waals surface area contributed by atoms with E-state index < -0.39 is 32.5 Å². The number of phosphoric ester groups is 1. The summed E-state index contributed by atoms with van der Waals surface area (Å²) in [6.07, 6.45) is 72.3. The van der Waals surface area contributed by atoms with Gasteiger partial charge in [-0.25, -0.2) is 4.57 Å². The van der Waals surface area contributed by atoms with Crippen molar-refractivity contribution in [3.8, 4) is 0 Å². The van der Waals surface area contributed by atoms with Gasteiger partial charge in [0.2, 0.25) is 0 Å². The lowest BCUT2D eigenvalue weighted by Crippen LogP contribution is -2.29. The van der Waals surface area contributed by atoms with Crippen LogP contribution < -0.4 is 5.73 Å². The molecule has 0 aromatic rings. The summed E-state index contributed by atoms with van der Waals surface area (Å²) >= 11 is 0. The van der Waals surface area contributed by atoms with Crippen molar-refractivity contribution < 1.29 is 37.6 Å². The molecule has 9 nitrogen and oxygen atoms in total. The van der Waals surface area contributed by atoms with Crippen molar-refractivity contribution in [2.75, 3.05) is 26.4 Å². The van der Waals surface area contributed by atoms with Crippen LogP contribution in [0.2, 0.25) is 0 Å². The van der Waals surface area contributed by atoms with Gasteiger partial charge in [0.05, 0.1) is 13.2 Å². The number of hydrogen-bond donors (Lipinski definition) is 2. The van der Waals surface area contributed by atoms with E-state index in [2.05, 4.69) is 148 Å². The molecule has 2 atom stereocenters. The van der Waals surface area contributed by atoms with E-state index in [9.17, 15) is 19.0 Å². The molecule has 67 heavy (non-hydrogen) atoms. The van der Waals surface area contributed by atoms with Crippen molar-refractivity contribution in [3.63, 3.8) is 0 Å². The van der Waals surface area contributed by atoms with E-state index in [-0.39, 0.29) is 32.6 Å². The molecule has 0 rings (SSSR count). The second kappa shape index (κ2) is 51.5. The van der Waals surface area contributed by atoms with E-state index >= 15 is 0 Å². The Bertz CT molecular complexity index is 1550. The number of carbonyl (C=O) groups excluding carboxylic acids is 2. The Labute approximate surface area is 408 Å². The summed E-state index contributed by atoms with van der Waals surface area (Å²) in [7, 11) is -4.39. The average molecular weight is 950 g/mol. The number of phosphoric acid groups is 1. The molecule has 0 aromatic heterocycles. The highest BCUT2D eigenvalue weighted by molar-refractivity contribution is 7.47. The fourth-order valence-electron chi connectivity index (χ4n) is 6.28. The molecule has 0 saturated heterocycles. The topological polar surface area (TPSA) is 134 Å². The monoisotopic (exact) mass is 950 g/mol. The summed E-state index contributed by atoms with van der Waals surface area (Å²) in [5, 5.41) is 0. The highest BCUT2D eigenvalue weighted by Crippen LogP contribution is 2.43. The van der Waals surface area contributed by atoms with Gasteiger partial charge in [-0.15, -0.1) is 0 Å². The summed E-state index contributed by atoms with van der Waals surface area (Å²) < 4.78 is 32.7. The van der Waals surface area contributed by atoms with Crippen LogP contribution in [-0.2, 0) is 32.7 Å². The van der Waals surface area contributed by atoms with E-state index in [1.807, 2.05) is 0 Å². The molecule has 0 fully saturated rings. The summed E-state index contributed by atoms with van der Waals surface area (Å²) in [5.41, 5.74) is 5.35. The van der Waals surface area contributed by atoms with Crippen LogP contribution in [0.3, 0.4) is 0 Å². The average Bonchev–Trinajstić information content (AvgIpc) is 3.32. The lowest BCUT2D eigenvalue weighted by molar-refractivity contribution is -0.161. The van der Waals surface area contributed by atoms with Crippen LogP contribution in [0.1, 0.15) is 181 Å². The first-order valence-corrected chi connectivity index (χ1v) is 27.2. The van der Waals surface area contributed by atoms with Gasteiger partial charge in [0.25, 0.3) is 0 Å². The van der Waals surface area contributed by atoms with Crippen molar-refractivity contribution in [1.29, 1.82) is 0 Å². The quantitative estimate of drug-likeness (QED) is 0.0265. The van der Waals surface area contributed by atoms with Crippen LogP contribution in [0.25, 0.3) is 0 Å². The predicted octanol–water partition coefficient (Wildman–Crippen LogP) is 15.8. The molecule has 10 heteroatoms. The molecular weight excluding hydrogens is 858 g/mol. The maximum Gasteiger partial charge on any atom is 0.472 e. The third kappa shape index (κ3) is 51.4. The Kier molecular flexibility index (Phi) is 48.6. The van der Waals surface area contributed by atoms with Crippen LogP contribution in [-0.4, -0.2) is 49.3 Å². The molecule has 3 N–H and O–H groups in total. The molecule has 0 aromatic carbocycles. The van der Waals surface area contributed by atoms with E-state index in [4.69, 9.17) is 24.3 Å². The first kappa shape index (κ1) is 63.1. The number of carbonyl (C=O) groups is 2. The van der Waals surface area contributed by atoms with Crippen molar-refractivity contribution in [2.45, 2.75) is 187 Å². The molecule has 0 spiro atoms. The third-order valence-electron chi connectivity index (χ3n) is 10.1. The largest absolute Gasteiger partial charge is 0.472 e. The van der Waals surface area contributed by atoms with Crippen molar-refractivity contribution in [3.05, 3.63) is 134 Å². The van der Waals surface area contributed by atoms with Gasteiger partial charge < -0.3 is 20.1 Å². The van der Waals surface area contributed by atoms with Crippen LogP contribution in [0.5, 0.6) is 0 Å². The Morgan fingerprint density at radius 2 is 0.821 bits per heavy atom. The van der Waals surface area contributed by atoms with Crippen LogP contribution in [0.15, 0.2) is 134 Å². The first-order valence-electron chi connectivity index (χ1n) is 25.7. The second-order valence-corrected chi connectivity index (χ2v) is 17.8. The van der Waals surface area contributed by atoms with E-state index in [1.54, 1.807) is 0 Å². The van der Waals surface area contributed by atoms with Gasteiger partial charge in [0.1, 0.15) is 6.61 Å². The molecule has 0 aliphatic carbocycles. The smallest absolute Gasteiger partial charge is 0.462 e. The Balaban J connectivity index is 4.07. The SMILES string of the molecule is CC/C=C\C/C=C\C/C=C\C/C=C\C/C=C\C/C=C\C/C=C\C/C=C\C/C=C\C/C=C\C/C=C\CCCCCC(=O)OC(COC(=O)CCCCCCCCCCC)COP(=O)(O)OCCN. The highest BCUT2D eigenvalue weighted by atomic mass is 31.2. The van der Waals surface area contributed by atoms with E-state index in [1.165, 1.54) is 38.5 Å². The Morgan fingerprint density at radius 1 is 0.463 bits per heavy atom. The third-order valence-corrected chi connectivity index (χ3v) is 11.0. The molecule has 2 unspecified atom stereocenters. The summed E-state index contributed by atoms with van der Waals surface area (Å²) in [6, 6.07) is 0. The number of hydrogen-bond acceptors (Lipinski definition) is 8. The Hall–Kier alpha value is -3.85. The molecule has 0 aliphatic rings. The van der Waals surface area contributed by atoms with Crippen LogP contribution >= 0.6 is 7.82 Å². The van der Waals surface area contributed by atoms with Gasteiger partial charge in [0.15, 0.2) is 6.10 Å². The molecule has 0 amide bonds. The Morgan fingerprint density at radius 3 is 1.22 bits per heavy atom. The second-order valence-electron chi connectivity index (χ2n) is 16.3. The minimum absolute atomic E-state index is 0.0415. The minimum Gasteiger partial charge on any atom is -0.462 e. The zero-order chi connectivity index (χ0) is 48.8. The lowest BCUT2D eigenvalue weighted by atomic mass is 10.1. The number of rotatable bonds is 46. The molecule has 0 aliphatic heterocycles. The fraction of sp³-hybridized carbons (Fsp3) is 0.579. The maximum absolute atomic E-state index is 12.6. The van der Waals surface area contributed by atoms with Gasteiger partial charge in [-0.1, -0.05) is 205 Å². The van der Waals surface area contributed by atoms with E-state index in [0.717, 1.165) is 109 Å². The zero-order valence-electron chi connectivity index (χ0n) is 41.8. The lowest BCUT2D eigenvalue weighted by Gasteiger charge is -2.19. The fourth-order valence-corrected chi connectivity index (χ4v) is 7.05. The first-order chi connectivity index (χ1) is 32.8. The van der Waals surface area contributed by atoms with Crippen LogP contribution in [0, 0.1) is 0 Å². The number of allylic oxidation sites excluding steroid dienone is 22. The summed E-state index contributed by atoms with van der Waals surface area (Å²) in [6.45, 7) is 3.53. The summed E-state index contributed by atoms with van der Waals surface area (Å²) in [5.74, 6) is -0.881. The number of nitrogens with two attached hydrogens (primary N) is 1. The normalized spacial score (nSPS) is 14.3. The van der Waals surface area contributed by atoms with Crippen molar-refractivity contribution in [2.24, 2.45) is 5.73 Å². The molecule has 0 bridgehead atoms. The summed E-state index contributed by atoms with van der Waals surface area (Å²) in [4.78, 5) is 34.8. The van der Waals surface area contributed by atoms with Crippen molar-refractivity contribution >= 4 is 19.8 Å². The predicted molar refractivity (Wildman–Crippen MR) is 284 cm³/mol. The van der Waals surface area contributed by atoms with Gasteiger partial charge >= 0.3 is 19.8 Å². The molecule has 0 heterocycles. The van der Waals surface area contributed by atoms with Gasteiger partial charge in [-0.3, -0.25) is 18.6 Å².